The van der Waals surface area contributed by atoms with Gasteiger partial charge in [0.2, 0.25) is 0 Å². The first-order valence-electron chi connectivity index (χ1n) is 52.1. The monoisotopic (exact) mass is 2120 g/mol. The van der Waals surface area contributed by atoms with Gasteiger partial charge in [-0.1, -0.05) is 0 Å². The summed E-state index contributed by atoms with van der Waals surface area (Å²) in [6, 6.07) is 7.90. The highest BCUT2D eigenvalue weighted by Crippen LogP contribution is 2.40. The number of nitrogens with zero attached hydrogens (tertiary/aromatic N) is 2. The lowest BCUT2D eigenvalue weighted by atomic mass is 9.98. The highest BCUT2D eigenvalue weighted by molar-refractivity contribution is 5.96. The highest BCUT2D eigenvalue weighted by atomic mass is 16.6. The third kappa shape index (κ3) is 69.1. The first-order valence-corrected chi connectivity index (χ1v) is 52.1. The fourth-order valence-electron chi connectivity index (χ4n) is 14.1. The molecule has 3 aromatic heterocycles. The zero-order valence-corrected chi connectivity index (χ0v) is 89.7. The van der Waals surface area contributed by atoms with Crippen LogP contribution in [-0.2, 0) is 180 Å². The number of nitrogens with one attached hydrogen (secondary N) is 2. The van der Waals surface area contributed by atoms with E-state index >= 15 is 0 Å². The van der Waals surface area contributed by atoms with Gasteiger partial charge >= 0.3 is 11.9 Å². The van der Waals surface area contributed by atoms with Gasteiger partial charge in [-0.2, -0.15) is 0 Å². The van der Waals surface area contributed by atoms with Crippen molar-refractivity contribution in [3.05, 3.63) is 69.3 Å². The number of hydrogen-bond donors (Lipinski definition) is 4. The lowest BCUT2D eigenvalue weighted by Gasteiger charge is -2.15. The maximum atomic E-state index is 12.1. The van der Waals surface area contributed by atoms with Gasteiger partial charge in [-0.25, -0.2) is 9.97 Å². The summed E-state index contributed by atoms with van der Waals surface area (Å²) in [6.45, 7) is 43.1. The lowest BCUT2D eigenvalue weighted by Crippen LogP contribution is -2.16. The normalized spacial score (nSPS) is 12.8. The van der Waals surface area contributed by atoms with Crippen LogP contribution in [0.25, 0.3) is 44.4 Å². The van der Waals surface area contributed by atoms with E-state index in [2.05, 4.69) is 23.0 Å². The number of carboxylic acid groups (broad SMARTS) is 2. The number of aryl methyl sites for hydroxylation is 2. The first-order chi connectivity index (χ1) is 72.8. The molecule has 44 heteroatoms. The Kier molecular flexibility index (Phi) is 85.7. The number of allylic oxidation sites excluding steroid dienone is 4. The molecule has 2 atom stereocenters. The van der Waals surface area contributed by atoms with Crippen LogP contribution in [0.15, 0.2) is 24.3 Å². The molecule has 8 bridgehead atoms. The molecule has 2 unspecified atom stereocenters. The lowest BCUT2D eigenvalue weighted by molar-refractivity contribution is -0.137. The maximum absolute atomic E-state index is 12.1. The zero-order valence-electron chi connectivity index (χ0n) is 89.7. The Morgan fingerprint density at radius 2 is 0.378 bits per heavy atom. The van der Waals surface area contributed by atoms with E-state index in [1.54, 1.807) is 14.2 Å². The molecule has 5 heterocycles. The molecular formula is C104H178N4O40. The van der Waals surface area contributed by atoms with Crippen LogP contribution < -0.4 is 0 Å². The van der Waals surface area contributed by atoms with Gasteiger partial charge in [-0.3, -0.25) is 9.59 Å². The highest BCUT2D eigenvalue weighted by Gasteiger charge is 2.26. The van der Waals surface area contributed by atoms with Crippen LogP contribution in [0.3, 0.4) is 0 Å². The summed E-state index contributed by atoms with van der Waals surface area (Å²) in [5.74, 6) is -1.88. The van der Waals surface area contributed by atoms with Gasteiger partial charge in [-0.05, 0) is 112 Å². The number of aromatic amines is 2. The Hall–Kier alpha value is -5.90. The summed E-state index contributed by atoms with van der Waals surface area (Å²) in [5, 5.41) is 19.8. The summed E-state index contributed by atoms with van der Waals surface area (Å²) in [6.07, 6.45) is -0.636. The minimum atomic E-state index is -0.942. The summed E-state index contributed by atoms with van der Waals surface area (Å²) in [4.78, 5) is 42.0. The molecule has 0 aromatic carbocycles. The van der Waals surface area contributed by atoms with Gasteiger partial charge in [0, 0.05) is 60.3 Å². The van der Waals surface area contributed by atoms with Gasteiger partial charge in [0.1, 0.15) is 0 Å². The average molecular weight is 2120 g/mol. The minimum Gasteiger partial charge on any atom is -0.481 e. The van der Waals surface area contributed by atoms with Crippen LogP contribution in [0.5, 0.6) is 0 Å². The molecule has 148 heavy (non-hydrogen) atoms. The topological polar surface area (TPSA) is 464 Å². The number of rotatable bonds is 112. The quantitative estimate of drug-likeness (QED) is 0.0384. The summed E-state index contributed by atoms with van der Waals surface area (Å²) in [5.41, 5.74) is 12.4. The fourth-order valence-corrected chi connectivity index (χ4v) is 14.1. The molecule has 2 aliphatic heterocycles. The first kappa shape index (κ1) is 133. The van der Waals surface area contributed by atoms with Crippen molar-refractivity contribution in [3.63, 3.8) is 0 Å². The third-order valence-corrected chi connectivity index (χ3v) is 21.8. The number of carbonyl (C=O) groups is 2. The van der Waals surface area contributed by atoms with Crippen molar-refractivity contribution in [1.29, 1.82) is 0 Å². The van der Waals surface area contributed by atoms with Crippen LogP contribution >= 0.6 is 0 Å². The standard InChI is InChI=1S/C104H178N4O40/c1-85-91(9-11-101(109)110)97-84-98-92(10-12-102(111)112)86(2)94(106-98)82-99-104(90(6)148-80-78-146-76-74-144-72-70-142-68-66-140-64-62-138-60-58-136-56-54-134-52-50-132-48-46-130-44-42-128-40-38-126-36-34-124-32-30-122-28-26-120-24-22-118-20-18-116-16-14-114-8)88(4)96(108-99)83-100-103(87(3)95(107-100)81-93(85)105-97)89(5)147-79-77-145-75-73-143-71-69-141-67-65-139-63-61-137-59-57-135-55-53-133-51-49-131-47-45-129-43-41-127-39-37-125-35-33-123-31-29-121-27-25-119-23-21-117-19-17-115-15-13-113-7/h81-84,89-90,107-108H,9-80H2,1-8H3,(H,109,110)(H,111,112). The number of fused-ring (bicyclic) bond motifs is 8. The van der Waals surface area contributed by atoms with Gasteiger partial charge in [-0.15, -0.1) is 0 Å². The Labute approximate surface area is 874 Å². The van der Waals surface area contributed by atoms with Crippen LogP contribution in [0, 0.1) is 13.8 Å². The van der Waals surface area contributed by atoms with E-state index in [1.165, 1.54) is 0 Å². The van der Waals surface area contributed by atoms with E-state index in [-0.39, 0.29) is 32.3 Å². The average Bonchev–Trinajstić information content (AvgIpc) is 1.61. The van der Waals surface area contributed by atoms with Crippen molar-refractivity contribution in [2.75, 3.05) is 463 Å². The van der Waals surface area contributed by atoms with Crippen LogP contribution in [-0.4, -0.2) is 506 Å². The Morgan fingerprint density at radius 3 is 0.554 bits per heavy atom. The second kappa shape index (κ2) is 95.7. The minimum absolute atomic E-state index is 0.118. The number of methoxy groups -OCH3 is 2. The Bertz CT molecular complexity index is 3910. The van der Waals surface area contributed by atoms with Gasteiger partial charge < -0.3 is 191 Å². The molecular weight excluding hydrogens is 1950 g/mol. The van der Waals surface area contributed by atoms with Crippen molar-refractivity contribution in [1.82, 2.24) is 19.9 Å². The molecule has 4 N–H and O–H groups in total. The molecule has 2 aliphatic rings. The molecule has 854 valence electrons. The summed E-state index contributed by atoms with van der Waals surface area (Å²) < 4.78 is 202. The number of H-pyrrole nitrogens is 2. The summed E-state index contributed by atoms with van der Waals surface area (Å²) in [7, 11) is 3.28. The molecule has 0 saturated heterocycles. The number of hydrogen-bond acceptors (Lipinski definition) is 40. The molecule has 0 radical (unpaired) electrons. The van der Waals surface area contributed by atoms with E-state index in [9.17, 15) is 19.8 Å². The molecule has 0 saturated carbocycles. The number of carboxylic acids is 2. The number of ether oxygens (including phenoxy) is 36. The fraction of sp³-hybridized carbons (Fsp3) is 0.788. The van der Waals surface area contributed by atoms with Crippen LogP contribution in [0.2, 0.25) is 0 Å². The SMILES string of the molecule is COCCOCCOCCOCCOCCOCCOCCOCCOCCOCCOCCOCCOCCOCCOCCOCCOCCOC(C)c1c(C)c2cc3[nH]c(cc4nc(cc5nc(cc1[nH]2)C(C)=C5CCC(=O)O)C(CCC(=O)O)=C4C)c(C)c3C(C)OCCOCCOCCOCCOCCOCCOCCOCCOCCOCCOCCOCCOCCOCCOCCOCCOCCOC. The molecule has 5 rings (SSSR count). The van der Waals surface area contributed by atoms with Gasteiger partial charge in [0.25, 0.3) is 0 Å². The molecule has 0 aliphatic carbocycles. The smallest absolute Gasteiger partial charge is 0.303 e. The molecule has 3 aromatic rings. The molecule has 0 fully saturated rings. The largest absolute Gasteiger partial charge is 0.481 e. The van der Waals surface area contributed by atoms with Crippen LogP contribution in [0.4, 0.5) is 0 Å². The van der Waals surface area contributed by atoms with Crippen molar-refractivity contribution < 1.29 is 190 Å². The van der Waals surface area contributed by atoms with Gasteiger partial charge in [0.05, 0.1) is 484 Å². The van der Waals surface area contributed by atoms with E-state index in [1.807, 2.05) is 52.8 Å². The third-order valence-electron chi connectivity index (χ3n) is 21.8. The van der Waals surface area contributed by atoms with E-state index in [0.29, 0.717) is 465 Å². The maximum Gasteiger partial charge on any atom is 0.303 e. The predicted octanol–water partition coefficient (Wildman–Crippen LogP) is 8.50. The van der Waals surface area contributed by atoms with E-state index < -0.39 is 24.1 Å². The number of aliphatic carboxylic acids is 2. The second-order valence-corrected chi connectivity index (χ2v) is 32.9. The summed E-state index contributed by atoms with van der Waals surface area (Å²) >= 11 is 0. The van der Waals surface area contributed by atoms with Crippen molar-refractivity contribution in [2.45, 2.75) is 79.4 Å². The Balaban J connectivity index is 0.863. The van der Waals surface area contributed by atoms with E-state index in [4.69, 9.17) is 180 Å². The molecule has 0 spiro atoms. The molecule has 0 amide bonds. The number of aromatic nitrogens is 4. The second-order valence-electron chi connectivity index (χ2n) is 32.9. The Morgan fingerprint density at radius 1 is 0.223 bits per heavy atom. The zero-order chi connectivity index (χ0) is 106. The van der Waals surface area contributed by atoms with Gasteiger partial charge in [0.15, 0.2) is 0 Å². The van der Waals surface area contributed by atoms with Crippen LogP contribution in [0.1, 0.15) is 111 Å². The predicted molar refractivity (Wildman–Crippen MR) is 548 cm³/mol. The van der Waals surface area contributed by atoms with Crippen molar-refractivity contribution in [2.24, 2.45) is 0 Å². The van der Waals surface area contributed by atoms with E-state index in [0.717, 1.165) is 66.6 Å². The van der Waals surface area contributed by atoms with Crippen molar-refractivity contribution in [3.8, 4) is 0 Å². The molecule has 44 nitrogen and oxygen atoms in total. The van der Waals surface area contributed by atoms with Crippen molar-refractivity contribution >= 4 is 56.3 Å².